The first-order chi connectivity index (χ1) is 7.11. The molecule has 1 aliphatic rings. The SMILES string of the molecule is CNC(=O)/C=C/CN1CC(=O)NC(=O)C1. The van der Waals surface area contributed by atoms with E-state index in [-0.39, 0.29) is 30.8 Å². The van der Waals surface area contributed by atoms with E-state index < -0.39 is 0 Å². The maximum atomic E-state index is 11.0. The van der Waals surface area contributed by atoms with Gasteiger partial charge in [0.1, 0.15) is 0 Å². The van der Waals surface area contributed by atoms with Crippen LogP contribution in [0.5, 0.6) is 0 Å². The summed E-state index contributed by atoms with van der Waals surface area (Å²) in [5, 5.41) is 4.63. The molecule has 1 aliphatic heterocycles. The van der Waals surface area contributed by atoms with E-state index in [0.29, 0.717) is 6.54 Å². The number of piperazine rings is 1. The lowest BCUT2D eigenvalue weighted by atomic mass is 10.3. The number of rotatable bonds is 3. The van der Waals surface area contributed by atoms with E-state index in [0.717, 1.165) is 0 Å². The van der Waals surface area contributed by atoms with Crippen molar-refractivity contribution in [2.75, 3.05) is 26.7 Å². The third-order valence-corrected chi connectivity index (χ3v) is 1.89. The highest BCUT2D eigenvalue weighted by molar-refractivity contribution is 5.99. The molecule has 0 aromatic rings. The topological polar surface area (TPSA) is 78.5 Å². The molecule has 0 bridgehead atoms. The molecule has 0 aliphatic carbocycles. The fourth-order valence-electron chi connectivity index (χ4n) is 1.22. The molecule has 0 aromatic heterocycles. The molecule has 0 unspecified atom stereocenters. The summed E-state index contributed by atoms with van der Waals surface area (Å²) in [6.07, 6.45) is 2.99. The zero-order chi connectivity index (χ0) is 11.3. The van der Waals surface area contributed by atoms with Gasteiger partial charge in [-0.1, -0.05) is 6.08 Å². The summed E-state index contributed by atoms with van der Waals surface area (Å²) >= 11 is 0. The maximum Gasteiger partial charge on any atom is 0.243 e. The van der Waals surface area contributed by atoms with E-state index in [1.165, 1.54) is 13.1 Å². The fraction of sp³-hybridized carbons (Fsp3) is 0.444. The Morgan fingerprint density at radius 3 is 2.60 bits per heavy atom. The number of imide groups is 1. The van der Waals surface area contributed by atoms with E-state index >= 15 is 0 Å². The van der Waals surface area contributed by atoms with Crippen LogP contribution in [0, 0.1) is 0 Å². The van der Waals surface area contributed by atoms with Gasteiger partial charge in [-0.3, -0.25) is 24.6 Å². The Morgan fingerprint density at radius 1 is 1.47 bits per heavy atom. The first kappa shape index (κ1) is 11.4. The number of carbonyl (C=O) groups excluding carboxylic acids is 3. The quantitative estimate of drug-likeness (QED) is 0.428. The van der Waals surface area contributed by atoms with Crippen molar-refractivity contribution in [1.29, 1.82) is 0 Å². The summed E-state index contributed by atoms with van der Waals surface area (Å²) in [4.78, 5) is 34.4. The Kier molecular flexibility index (Phi) is 3.99. The van der Waals surface area contributed by atoms with Crippen LogP contribution in [-0.2, 0) is 14.4 Å². The number of hydrogen-bond donors (Lipinski definition) is 2. The van der Waals surface area contributed by atoms with Crippen molar-refractivity contribution in [3.05, 3.63) is 12.2 Å². The van der Waals surface area contributed by atoms with Crippen LogP contribution in [0.15, 0.2) is 12.2 Å². The minimum absolute atomic E-state index is 0.184. The first-order valence-electron chi connectivity index (χ1n) is 4.55. The third kappa shape index (κ3) is 3.90. The molecular weight excluding hydrogens is 198 g/mol. The van der Waals surface area contributed by atoms with Crippen LogP contribution in [-0.4, -0.2) is 49.3 Å². The van der Waals surface area contributed by atoms with Crippen molar-refractivity contribution in [2.45, 2.75) is 0 Å². The van der Waals surface area contributed by atoms with Crippen LogP contribution in [0.2, 0.25) is 0 Å². The van der Waals surface area contributed by atoms with E-state index in [4.69, 9.17) is 0 Å². The molecular formula is C9H13N3O3. The Bertz CT molecular complexity index is 296. The van der Waals surface area contributed by atoms with Gasteiger partial charge < -0.3 is 5.32 Å². The van der Waals surface area contributed by atoms with Crippen LogP contribution in [0.1, 0.15) is 0 Å². The summed E-state index contributed by atoms with van der Waals surface area (Å²) in [6, 6.07) is 0. The van der Waals surface area contributed by atoms with Gasteiger partial charge in [-0.05, 0) is 0 Å². The van der Waals surface area contributed by atoms with Crippen LogP contribution in [0.3, 0.4) is 0 Å². The molecule has 2 N–H and O–H groups in total. The van der Waals surface area contributed by atoms with Gasteiger partial charge in [0.05, 0.1) is 13.1 Å². The second kappa shape index (κ2) is 5.26. The lowest BCUT2D eigenvalue weighted by Gasteiger charge is -2.23. The summed E-state index contributed by atoms with van der Waals surface area (Å²) in [7, 11) is 1.53. The van der Waals surface area contributed by atoms with E-state index in [2.05, 4.69) is 10.6 Å². The van der Waals surface area contributed by atoms with Crippen LogP contribution >= 0.6 is 0 Å². The van der Waals surface area contributed by atoms with Gasteiger partial charge in [0.25, 0.3) is 0 Å². The van der Waals surface area contributed by atoms with Crippen LogP contribution in [0.4, 0.5) is 0 Å². The Balaban J connectivity index is 2.38. The second-order valence-corrected chi connectivity index (χ2v) is 3.16. The molecule has 1 saturated heterocycles. The van der Waals surface area contributed by atoms with Crippen molar-refractivity contribution in [3.8, 4) is 0 Å². The first-order valence-corrected chi connectivity index (χ1v) is 4.55. The van der Waals surface area contributed by atoms with Gasteiger partial charge >= 0.3 is 0 Å². The molecule has 0 atom stereocenters. The van der Waals surface area contributed by atoms with Crippen LogP contribution < -0.4 is 10.6 Å². The monoisotopic (exact) mass is 211 g/mol. The second-order valence-electron chi connectivity index (χ2n) is 3.16. The van der Waals surface area contributed by atoms with Crippen molar-refractivity contribution >= 4 is 17.7 Å². The lowest BCUT2D eigenvalue weighted by molar-refractivity contribution is -0.135. The molecule has 15 heavy (non-hydrogen) atoms. The minimum Gasteiger partial charge on any atom is -0.356 e. The van der Waals surface area contributed by atoms with Gasteiger partial charge in [-0.15, -0.1) is 0 Å². The van der Waals surface area contributed by atoms with Gasteiger partial charge in [0.2, 0.25) is 17.7 Å². The highest BCUT2D eigenvalue weighted by atomic mass is 16.2. The Morgan fingerprint density at radius 2 is 2.07 bits per heavy atom. The zero-order valence-corrected chi connectivity index (χ0v) is 8.45. The highest BCUT2D eigenvalue weighted by Crippen LogP contribution is 1.94. The molecule has 1 fully saturated rings. The smallest absolute Gasteiger partial charge is 0.243 e. The summed E-state index contributed by atoms with van der Waals surface area (Å²) < 4.78 is 0. The number of amides is 3. The Hall–Kier alpha value is -1.69. The Labute approximate surface area is 87.3 Å². The minimum atomic E-state index is -0.306. The van der Waals surface area contributed by atoms with Crippen LogP contribution in [0.25, 0.3) is 0 Å². The molecule has 6 heteroatoms. The molecule has 0 spiro atoms. The molecule has 0 saturated carbocycles. The molecule has 0 aromatic carbocycles. The van der Waals surface area contributed by atoms with E-state index in [1.807, 2.05) is 0 Å². The summed E-state index contributed by atoms with van der Waals surface area (Å²) in [6.45, 7) is 0.778. The van der Waals surface area contributed by atoms with Gasteiger partial charge in [-0.2, -0.15) is 0 Å². The number of carbonyl (C=O) groups is 3. The number of likely N-dealkylation sites (N-methyl/N-ethyl adjacent to an activating group) is 1. The van der Waals surface area contributed by atoms with E-state index in [9.17, 15) is 14.4 Å². The predicted molar refractivity (Wildman–Crippen MR) is 52.8 cm³/mol. The molecule has 3 amide bonds. The molecule has 0 radical (unpaired) electrons. The predicted octanol–water partition coefficient (Wildman–Crippen LogP) is -1.75. The van der Waals surface area contributed by atoms with Gasteiger partial charge in [0, 0.05) is 19.7 Å². The van der Waals surface area contributed by atoms with E-state index in [1.54, 1.807) is 11.0 Å². The lowest BCUT2D eigenvalue weighted by Crippen LogP contribution is -2.51. The number of nitrogens with one attached hydrogen (secondary N) is 2. The normalized spacial score (nSPS) is 17.9. The average molecular weight is 211 g/mol. The largest absolute Gasteiger partial charge is 0.356 e. The molecule has 82 valence electrons. The fourth-order valence-corrected chi connectivity index (χ4v) is 1.22. The number of nitrogens with zero attached hydrogens (tertiary/aromatic N) is 1. The van der Waals surface area contributed by atoms with Gasteiger partial charge in [-0.25, -0.2) is 0 Å². The van der Waals surface area contributed by atoms with Gasteiger partial charge in [0.15, 0.2) is 0 Å². The summed E-state index contributed by atoms with van der Waals surface area (Å²) in [5.41, 5.74) is 0. The van der Waals surface area contributed by atoms with Crippen molar-refractivity contribution < 1.29 is 14.4 Å². The molecule has 6 nitrogen and oxygen atoms in total. The third-order valence-electron chi connectivity index (χ3n) is 1.89. The summed E-state index contributed by atoms with van der Waals surface area (Å²) in [5.74, 6) is -0.818. The van der Waals surface area contributed by atoms with Crippen molar-refractivity contribution in [3.63, 3.8) is 0 Å². The highest BCUT2D eigenvalue weighted by Gasteiger charge is 2.20. The molecule has 1 rings (SSSR count). The number of hydrogen-bond acceptors (Lipinski definition) is 4. The zero-order valence-electron chi connectivity index (χ0n) is 8.45. The van der Waals surface area contributed by atoms with Crippen molar-refractivity contribution in [2.24, 2.45) is 0 Å². The average Bonchev–Trinajstić information content (AvgIpc) is 2.16. The molecule has 1 heterocycles. The standard InChI is InChI=1S/C9H13N3O3/c1-10-7(13)3-2-4-12-5-8(14)11-9(15)6-12/h2-3H,4-6H2,1H3,(H,10,13)(H,11,14,15)/b3-2+. The maximum absolute atomic E-state index is 11.0. The van der Waals surface area contributed by atoms with Crippen molar-refractivity contribution in [1.82, 2.24) is 15.5 Å².